The Kier molecular flexibility index (Phi) is 4.29. The number of benzene rings is 1. The summed E-state index contributed by atoms with van der Waals surface area (Å²) < 4.78 is 14.6. The zero-order valence-corrected chi connectivity index (χ0v) is 14.1. The Labute approximate surface area is 142 Å². The lowest BCUT2D eigenvalue weighted by atomic mass is 10.2. The highest BCUT2D eigenvalue weighted by molar-refractivity contribution is 8.00. The molecule has 0 spiro atoms. The first kappa shape index (κ1) is 15.1. The number of hydrogen-bond donors (Lipinski definition) is 1. The molecule has 0 saturated carbocycles. The van der Waals surface area contributed by atoms with Gasteiger partial charge in [0.25, 0.3) is 0 Å². The van der Waals surface area contributed by atoms with Crippen LogP contribution in [0.4, 0.5) is 4.39 Å². The molecule has 1 aliphatic rings. The minimum Gasteiger partial charge on any atom is -0.316 e. The van der Waals surface area contributed by atoms with Gasteiger partial charge in [-0.05, 0) is 43.1 Å². The maximum atomic E-state index is 13.5. The number of aromatic nitrogens is 2. The molecule has 4 rings (SSSR count). The molecule has 2 aromatic heterocycles. The fraction of sp³-hybridized carbons (Fsp3) is 0.294. The lowest BCUT2D eigenvalue weighted by Gasteiger charge is -2.21. The van der Waals surface area contributed by atoms with Crippen molar-refractivity contribution < 1.29 is 4.39 Å². The number of fused-ring (bicyclic) bond motifs is 1. The topological polar surface area (TPSA) is 37.8 Å². The summed E-state index contributed by atoms with van der Waals surface area (Å²) in [7, 11) is 0. The lowest BCUT2D eigenvalue weighted by molar-refractivity contribution is 0.531. The van der Waals surface area contributed by atoms with Gasteiger partial charge in [0.15, 0.2) is 0 Å². The van der Waals surface area contributed by atoms with Gasteiger partial charge in [-0.25, -0.2) is 4.39 Å². The summed E-state index contributed by atoms with van der Waals surface area (Å²) in [4.78, 5) is 1.05. The molecule has 1 aliphatic heterocycles. The van der Waals surface area contributed by atoms with E-state index in [9.17, 15) is 4.39 Å². The molecule has 6 heteroatoms. The Morgan fingerprint density at radius 1 is 1.30 bits per heavy atom. The van der Waals surface area contributed by atoms with Crippen LogP contribution >= 0.6 is 23.1 Å². The molecule has 0 radical (unpaired) electrons. The highest BCUT2D eigenvalue weighted by atomic mass is 32.2. The standard InChI is InChI=1S/C17H16FN3S2/c18-12-4-1-3-11(7-12)15-8-14-16(23-15)10-20-21-17(14)22-13-5-2-6-19-9-13/h1,3-4,7-8,10,13,19H,2,5-6,9H2. The molecule has 118 valence electrons. The summed E-state index contributed by atoms with van der Waals surface area (Å²) >= 11 is 3.44. The maximum Gasteiger partial charge on any atom is 0.128 e. The van der Waals surface area contributed by atoms with Gasteiger partial charge < -0.3 is 5.32 Å². The normalized spacial score (nSPS) is 18.4. The molecule has 0 amide bonds. The first-order valence-corrected chi connectivity index (χ1v) is 9.38. The van der Waals surface area contributed by atoms with Crippen LogP contribution in [-0.4, -0.2) is 28.5 Å². The Morgan fingerprint density at radius 3 is 3.09 bits per heavy atom. The fourth-order valence-electron chi connectivity index (χ4n) is 2.81. The molecule has 3 nitrogen and oxygen atoms in total. The van der Waals surface area contributed by atoms with Crippen molar-refractivity contribution in [2.24, 2.45) is 0 Å². The first-order chi connectivity index (χ1) is 11.3. The van der Waals surface area contributed by atoms with Crippen LogP contribution in [0.1, 0.15) is 12.8 Å². The predicted octanol–water partition coefficient (Wildman–Crippen LogP) is 4.34. The van der Waals surface area contributed by atoms with Gasteiger partial charge in [-0.2, -0.15) is 5.10 Å². The number of piperidine rings is 1. The van der Waals surface area contributed by atoms with E-state index in [4.69, 9.17) is 0 Å². The number of halogens is 1. The summed E-state index contributed by atoms with van der Waals surface area (Å²) in [6, 6.07) is 8.84. The number of thiophene rings is 1. The quantitative estimate of drug-likeness (QED) is 0.766. The van der Waals surface area contributed by atoms with Crippen molar-refractivity contribution in [2.75, 3.05) is 13.1 Å². The molecular formula is C17H16FN3S2. The van der Waals surface area contributed by atoms with Crippen LogP contribution in [-0.2, 0) is 0 Å². The van der Waals surface area contributed by atoms with Crippen LogP contribution in [0.5, 0.6) is 0 Å². The van der Waals surface area contributed by atoms with Crippen molar-refractivity contribution >= 4 is 33.2 Å². The van der Waals surface area contributed by atoms with Crippen molar-refractivity contribution in [3.63, 3.8) is 0 Å². The van der Waals surface area contributed by atoms with E-state index in [0.29, 0.717) is 5.25 Å². The Morgan fingerprint density at radius 2 is 2.26 bits per heavy atom. The van der Waals surface area contributed by atoms with Gasteiger partial charge in [-0.15, -0.1) is 16.4 Å². The second kappa shape index (κ2) is 6.55. The molecule has 23 heavy (non-hydrogen) atoms. The highest BCUT2D eigenvalue weighted by Crippen LogP contribution is 2.38. The zero-order valence-electron chi connectivity index (χ0n) is 12.5. The van der Waals surface area contributed by atoms with Crippen LogP contribution in [0, 0.1) is 5.82 Å². The minimum absolute atomic E-state index is 0.209. The van der Waals surface area contributed by atoms with Crippen LogP contribution < -0.4 is 5.32 Å². The third-order valence-corrected chi connectivity index (χ3v) is 6.33. The van der Waals surface area contributed by atoms with Gasteiger partial charge in [0.05, 0.1) is 10.9 Å². The molecule has 1 fully saturated rings. The molecule has 1 unspecified atom stereocenters. The number of nitrogens with one attached hydrogen (secondary N) is 1. The summed E-state index contributed by atoms with van der Waals surface area (Å²) in [5, 5.41) is 14.6. The number of rotatable bonds is 3. The van der Waals surface area contributed by atoms with E-state index in [1.807, 2.05) is 6.07 Å². The van der Waals surface area contributed by atoms with Gasteiger partial charge in [0, 0.05) is 22.1 Å². The van der Waals surface area contributed by atoms with E-state index in [0.717, 1.165) is 38.6 Å². The molecule has 0 bridgehead atoms. The monoisotopic (exact) mass is 345 g/mol. The first-order valence-electron chi connectivity index (χ1n) is 7.68. The fourth-order valence-corrected chi connectivity index (χ4v) is 5.09. The van der Waals surface area contributed by atoms with E-state index in [2.05, 4.69) is 21.6 Å². The van der Waals surface area contributed by atoms with Crippen molar-refractivity contribution in [3.8, 4) is 10.4 Å². The Bertz CT molecular complexity index is 828. The average Bonchev–Trinajstić information content (AvgIpc) is 3.01. The summed E-state index contributed by atoms with van der Waals surface area (Å²) in [6.45, 7) is 2.12. The molecule has 3 aromatic rings. The largest absolute Gasteiger partial charge is 0.316 e. The SMILES string of the molecule is Fc1cccc(-c2cc3c(SC4CCCNC4)nncc3s2)c1. The van der Waals surface area contributed by atoms with E-state index in [1.165, 1.54) is 18.9 Å². The summed E-state index contributed by atoms with van der Waals surface area (Å²) in [5.74, 6) is -0.209. The maximum absolute atomic E-state index is 13.5. The molecule has 3 heterocycles. The predicted molar refractivity (Wildman–Crippen MR) is 94.6 cm³/mol. The van der Waals surface area contributed by atoms with Gasteiger partial charge in [-0.1, -0.05) is 23.9 Å². The molecule has 1 atom stereocenters. The number of nitrogens with zero attached hydrogens (tertiary/aromatic N) is 2. The van der Waals surface area contributed by atoms with Gasteiger partial charge in [0.2, 0.25) is 0 Å². The average molecular weight is 345 g/mol. The van der Waals surface area contributed by atoms with E-state index < -0.39 is 0 Å². The second-order valence-electron chi connectivity index (χ2n) is 5.63. The van der Waals surface area contributed by atoms with E-state index >= 15 is 0 Å². The number of hydrogen-bond acceptors (Lipinski definition) is 5. The van der Waals surface area contributed by atoms with Crippen LogP contribution in [0.3, 0.4) is 0 Å². The lowest BCUT2D eigenvalue weighted by Crippen LogP contribution is -2.31. The van der Waals surface area contributed by atoms with Crippen LogP contribution in [0.25, 0.3) is 20.5 Å². The molecule has 1 N–H and O–H groups in total. The van der Waals surface area contributed by atoms with E-state index in [1.54, 1.807) is 41.4 Å². The van der Waals surface area contributed by atoms with Crippen molar-refractivity contribution in [1.29, 1.82) is 0 Å². The van der Waals surface area contributed by atoms with E-state index in [-0.39, 0.29) is 5.82 Å². The van der Waals surface area contributed by atoms with Crippen molar-refractivity contribution in [2.45, 2.75) is 23.1 Å². The van der Waals surface area contributed by atoms with Crippen molar-refractivity contribution in [1.82, 2.24) is 15.5 Å². The molecular weight excluding hydrogens is 329 g/mol. The molecule has 1 saturated heterocycles. The third-order valence-electron chi connectivity index (χ3n) is 3.95. The Balaban J connectivity index is 1.69. The van der Waals surface area contributed by atoms with Crippen LogP contribution in [0.2, 0.25) is 0 Å². The summed E-state index contributed by atoms with van der Waals surface area (Å²) in [5.41, 5.74) is 0.904. The smallest absolute Gasteiger partial charge is 0.128 e. The molecule has 1 aromatic carbocycles. The van der Waals surface area contributed by atoms with Gasteiger partial charge in [-0.3, -0.25) is 0 Å². The highest BCUT2D eigenvalue weighted by Gasteiger charge is 2.18. The van der Waals surface area contributed by atoms with Crippen molar-refractivity contribution in [3.05, 3.63) is 42.3 Å². The third kappa shape index (κ3) is 3.24. The minimum atomic E-state index is -0.209. The summed E-state index contributed by atoms with van der Waals surface area (Å²) in [6.07, 6.45) is 4.21. The Hall–Kier alpha value is -1.50. The van der Waals surface area contributed by atoms with Crippen LogP contribution in [0.15, 0.2) is 41.6 Å². The molecule has 0 aliphatic carbocycles. The second-order valence-corrected chi connectivity index (χ2v) is 8.01. The number of thioether (sulfide) groups is 1. The van der Waals surface area contributed by atoms with Gasteiger partial charge >= 0.3 is 0 Å². The van der Waals surface area contributed by atoms with Gasteiger partial charge in [0.1, 0.15) is 10.8 Å². The zero-order chi connectivity index (χ0) is 15.6.